The molecular weight excluding hydrogens is 428 g/mol. The topological polar surface area (TPSA) is 68.2 Å². The number of hydrogen-bond donors (Lipinski definition) is 1. The van der Waals surface area contributed by atoms with Gasteiger partial charge in [-0.1, -0.05) is 0 Å². The number of nitrogens with zero attached hydrogens (tertiary/aromatic N) is 6. The van der Waals surface area contributed by atoms with Gasteiger partial charge in [-0.15, -0.1) is 0 Å². The van der Waals surface area contributed by atoms with E-state index in [1.165, 1.54) is 5.69 Å². The summed E-state index contributed by atoms with van der Waals surface area (Å²) in [5, 5.41) is 9.74. The van der Waals surface area contributed by atoms with Crippen LogP contribution in [0.25, 0.3) is 11.4 Å². The van der Waals surface area contributed by atoms with Crippen LogP contribution < -0.4 is 9.80 Å². The first kappa shape index (κ1) is 24.9. The maximum absolute atomic E-state index is 9.74. The third-order valence-electron chi connectivity index (χ3n) is 7.03. The molecule has 3 heterocycles. The predicted molar refractivity (Wildman–Crippen MR) is 138 cm³/mol. The zero-order valence-electron chi connectivity index (χ0n) is 21.0. The molecule has 1 aromatic carbocycles. The normalized spacial score (nSPS) is 17.8. The molecule has 1 N–H and O–H groups in total. The van der Waals surface area contributed by atoms with Crippen LogP contribution in [0.3, 0.4) is 0 Å². The number of anilines is 2. The van der Waals surface area contributed by atoms with Crippen LogP contribution in [0.1, 0.15) is 17.7 Å². The Hall–Kier alpha value is -2.26. The van der Waals surface area contributed by atoms with Crippen molar-refractivity contribution in [1.29, 1.82) is 0 Å². The molecule has 0 radical (unpaired) electrons. The number of aliphatic hydroxyl groups is 1. The van der Waals surface area contributed by atoms with Crippen molar-refractivity contribution in [1.82, 2.24) is 19.8 Å². The van der Waals surface area contributed by atoms with Crippen LogP contribution in [0, 0.1) is 13.8 Å². The Kier molecular flexibility index (Phi) is 8.72. The van der Waals surface area contributed by atoms with E-state index in [0.717, 1.165) is 100 Å². The van der Waals surface area contributed by atoms with E-state index in [4.69, 9.17) is 14.7 Å². The molecule has 34 heavy (non-hydrogen) atoms. The second-order valence-electron chi connectivity index (χ2n) is 9.44. The molecule has 2 aromatic rings. The smallest absolute Gasteiger partial charge is 0.161 e. The number of likely N-dealkylation sites (N-methyl/N-ethyl adjacent to an activating group) is 1. The summed E-state index contributed by atoms with van der Waals surface area (Å²) in [5.74, 6) is 1.68. The van der Waals surface area contributed by atoms with Crippen molar-refractivity contribution in [2.24, 2.45) is 0 Å². The van der Waals surface area contributed by atoms with Gasteiger partial charge in [0.25, 0.3) is 0 Å². The lowest BCUT2D eigenvalue weighted by molar-refractivity contribution is 0.0376. The van der Waals surface area contributed by atoms with E-state index in [-0.39, 0.29) is 6.61 Å². The summed E-state index contributed by atoms with van der Waals surface area (Å²) in [7, 11) is 2.18. The highest BCUT2D eigenvalue weighted by Crippen LogP contribution is 2.27. The van der Waals surface area contributed by atoms with Crippen LogP contribution in [-0.4, -0.2) is 111 Å². The van der Waals surface area contributed by atoms with E-state index >= 15 is 0 Å². The van der Waals surface area contributed by atoms with E-state index in [0.29, 0.717) is 6.54 Å². The Morgan fingerprint density at radius 1 is 0.941 bits per heavy atom. The van der Waals surface area contributed by atoms with E-state index < -0.39 is 0 Å². The predicted octanol–water partition coefficient (Wildman–Crippen LogP) is 2.03. The lowest BCUT2D eigenvalue weighted by Crippen LogP contribution is -2.44. The third kappa shape index (κ3) is 6.24. The summed E-state index contributed by atoms with van der Waals surface area (Å²) in [6.07, 6.45) is 1.03. The lowest BCUT2D eigenvalue weighted by Gasteiger charge is -2.34. The van der Waals surface area contributed by atoms with Gasteiger partial charge in [0.15, 0.2) is 5.82 Å². The minimum Gasteiger partial charge on any atom is -0.395 e. The van der Waals surface area contributed by atoms with E-state index in [9.17, 15) is 5.11 Å². The van der Waals surface area contributed by atoms with Crippen LogP contribution in [0.15, 0.2) is 24.3 Å². The Morgan fingerprint density at radius 2 is 1.65 bits per heavy atom. The molecule has 2 aliphatic heterocycles. The highest BCUT2D eigenvalue weighted by molar-refractivity contribution is 5.63. The van der Waals surface area contributed by atoms with Crippen molar-refractivity contribution in [3.8, 4) is 11.4 Å². The SMILES string of the molecule is Cc1nc(-c2ccc(N3CCN(C)CC3)cc2)nc(N(CCO)CCCN2CCOCC2)c1C. The van der Waals surface area contributed by atoms with Gasteiger partial charge in [0.2, 0.25) is 0 Å². The molecule has 0 aliphatic carbocycles. The van der Waals surface area contributed by atoms with Crippen molar-refractivity contribution < 1.29 is 9.84 Å². The monoisotopic (exact) mass is 468 g/mol. The van der Waals surface area contributed by atoms with Gasteiger partial charge in [-0.05, 0) is 51.6 Å². The lowest BCUT2D eigenvalue weighted by atomic mass is 10.1. The Balaban J connectivity index is 1.48. The van der Waals surface area contributed by atoms with Crippen molar-refractivity contribution >= 4 is 11.5 Å². The molecule has 0 saturated carbocycles. The molecule has 8 nitrogen and oxygen atoms in total. The Labute approximate surface area is 204 Å². The van der Waals surface area contributed by atoms with Crippen LogP contribution in [-0.2, 0) is 4.74 Å². The van der Waals surface area contributed by atoms with Crippen molar-refractivity contribution in [2.75, 3.05) is 95.6 Å². The number of morpholine rings is 1. The average molecular weight is 469 g/mol. The molecule has 2 fully saturated rings. The number of aryl methyl sites for hydroxylation is 1. The molecule has 2 aliphatic rings. The van der Waals surface area contributed by atoms with Gasteiger partial charge < -0.3 is 24.5 Å². The number of aliphatic hydroxyl groups excluding tert-OH is 1. The van der Waals surface area contributed by atoms with E-state index in [2.05, 4.69) is 57.8 Å². The standard InChI is InChI=1S/C26H40N6O2/c1-21-22(2)27-25(23-5-7-24(8-6-23)31-13-11-29(3)12-14-31)28-26(21)32(15-18-33)10-4-9-30-16-19-34-20-17-30/h5-8,33H,4,9-20H2,1-3H3. The molecule has 0 unspecified atom stereocenters. The summed E-state index contributed by atoms with van der Waals surface area (Å²) in [5.41, 5.74) is 4.35. The molecule has 0 bridgehead atoms. The zero-order chi connectivity index (χ0) is 23.9. The highest BCUT2D eigenvalue weighted by atomic mass is 16.5. The summed E-state index contributed by atoms with van der Waals surface area (Å²) < 4.78 is 5.46. The number of rotatable bonds is 9. The molecule has 186 valence electrons. The number of aromatic nitrogens is 2. The molecular formula is C26H40N6O2. The summed E-state index contributed by atoms with van der Waals surface area (Å²) >= 11 is 0. The molecule has 0 spiro atoms. The fourth-order valence-electron chi connectivity index (χ4n) is 4.69. The van der Waals surface area contributed by atoms with Crippen molar-refractivity contribution in [3.05, 3.63) is 35.5 Å². The Bertz CT molecular complexity index is 908. The van der Waals surface area contributed by atoms with Crippen molar-refractivity contribution in [3.63, 3.8) is 0 Å². The first-order valence-corrected chi connectivity index (χ1v) is 12.6. The van der Waals surface area contributed by atoms with Gasteiger partial charge >= 0.3 is 0 Å². The van der Waals surface area contributed by atoms with Gasteiger partial charge in [-0.2, -0.15) is 0 Å². The van der Waals surface area contributed by atoms with Crippen LogP contribution in [0.4, 0.5) is 11.5 Å². The summed E-state index contributed by atoms with van der Waals surface area (Å²) in [4.78, 5) is 19.3. The van der Waals surface area contributed by atoms with Gasteiger partial charge in [0, 0.05) is 81.4 Å². The maximum atomic E-state index is 9.74. The highest BCUT2D eigenvalue weighted by Gasteiger charge is 2.18. The molecule has 0 amide bonds. The van der Waals surface area contributed by atoms with Crippen LogP contribution in [0.2, 0.25) is 0 Å². The number of piperazine rings is 1. The molecule has 4 rings (SSSR count). The minimum atomic E-state index is 0.106. The summed E-state index contributed by atoms with van der Waals surface area (Å²) in [6, 6.07) is 8.64. The van der Waals surface area contributed by atoms with E-state index in [1.807, 2.05) is 6.92 Å². The first-order valence-electron chi connectivity index (χ1n) is 12.6. The largest absolute Gasteiger partial charge is 0.395 e. The second kappa shape index (κ2) is 11.9. The second-order valence-corrected chi connectivity index (χ2v) is 9.44. The molecule has 0 atom stereocenters. The Morgan fingerprint density at radius 3 is 2.32 bits per heavy atom. The van der Waals surface area contributed by atoms with Crippen LogP contribution >= 0.6 is 0 Å². The third-order valence-corrected chi connectivity index (χ3v) is 7.03. The molecule has 2 saturated heterocycles. The van der Waals surface area contributed by atoms with Gasteiger partial charge in [-0.25, -0.2) is 9.97 Å². The minimum absolute atomic E-state index is 0.106. The fraction of sp³-hybridized carbons (Fsp3) is 0.615. The summed E-state index contributed by atoms with van der Waals surface area (Å²) in [6.45, 7) is 14.6. The number of hydrogen-bond acceptors (Lipinski definition) is 8. The quantitative estimate of drug-likeness (QED) is 0.600. The van der Waals surface area contributed by atoms with Crippen LogP contribution in [0.5, 0.6) is 0 Å². The first-order chi connectivity index (χ1) is 16.5. The number of ether oxygens (including phenoxy) is 1. The van der Waals surface area contributed by atoms with Gasteiger partial charge in [-0.3, -0.25) is 4.90 Å². The maximum Gasteiger partial charge on any atom is 0.161 e. The van der Waals surface area contributed by atoms with Crippen molar-refractivity contribution in [2.45, 2.75) is 20.3 Å². The molecule has 8 heteroatoms. The van der Waals surface area contributed by atoms with Gasteiger partial charge in [0.05, 0.1) is 19.8 Å². The van der Waals surface area contributed by atoms with Gasteiger partial charge in [0.1, 0.15) is 5.82 Å². The zero-order valence-corrected chi connectivity index (χ0v) is 21.0. The fourth-order valence-corrected chi connectivity index (χ4v) is 4.69. The average Bonchev–Trinajstić information content (AvgIpc) is 2.86. The molecule has 1 aromatic heterocycles. The van der Waals surface area contributed by atoms with E-state index in [1.54, 1.807) is 0 Å². The number of benzene rings is 1.